The largest absolute Gasteiger partial charge is 0.453 e. The summed E-state index contributed by atoms with van der Waals surface area (Å²) in [6.45, 7) is 5.51. The molecule has 2 N–H and O–H groups in total. The molecule has 1 aliphatic heterocycles. The molecule has 148 valence electrons. The van der Waals surface area contributed by atoms with E-state index in [1.54, 1.807) is 0 Å². The van der Waals surface area contributed by atoms with Gasteiger partial charge in [0.15, 0.2) is 5.96 Å². The second kappa shape index (κ2) is 9.78. The number of nitrogens with zero attached hydrogens (tertiary/aromatic N) is 2. The van der Waals surface area contributed by atoms with Crippen molar-refractivity contribution in [2.24, 2.45) is 4.99 Å². The summed E-state index contributed by atoms with van der Waals surface area (Å²) in [4.78, 5) is 18.4. The number of carbonyl (C=O) groups is 1. The highest BCUT2D eigenvalue weighted by Gasteiger charge is 2.25. The fourth-order valence-electron chi connectivity index (χ4n) is 3.40. The van der Waals surface area contributed by atoms with Crippen molar-refractivity contribution >= 4 is 17.7 Å². The van der Waals surface area contributed by atoms with E-state index in [0.717, 1.165) is 37.6 Å². The van der Waals surface area contributed by atoms with Crippen molar-refractivity contribution < 1.29 is 9.53 Å². The van der Waals surface area contributed by atoms with Gasteiger partial charge in [0.1, 0.15) is 0 Å². The lowest BCUT2D eigenvalue weighted by Crippen LogP contribution is -2.40. The van der Waals surface area contributed by atoms with Crippen molar-refractivity contribution in [2.45, 2.75) is 25.8 Å². The number of methoxy groups -OCH3 is 1. The standard InChI is InChI=1S/C22H28N4O2/c1-3-23-21(26-14-13-19(16-26)18-7-5-4-6-8-18)24-15-17-9-11-20(12-10-17)25-22(27)28-2/h4-12,19H,3,13-16H2,1-2H3,(H,23,24)(H,25,27). The van der Waals surface area contributed by atoms with Crippen LogP contribution < -0.4 is 10.6 Å². The summed E-state index contributed by atoms with van der Waals surface area (Å²) < 4.78 is 4.60. The summed E-state index contributed by atoms with van der Waals surface area (Å²) in [5.74, 6) is 1.51. The second-order valence-corrected chi connectivity index (χ2v) is 6.83. The first-order valence-corrected chi connectivity index (χ1v) is 9.71. The lowest BCUT2D eigenvalue weighted by atomic mass is 9.99. The fourth-order valence-corrected chi connectivity index (χ4v) is 3.40. The number of guanidine groups is 1. The number of hydrogen-bond donors (Lipinski definition) is 2. The van der Waals surface area contributed by atoms with E-state index in [4.69, 9.17) is 4.99 Å². The van der Waals surface area contributed by atoms with Gasteiger partial charge in [0.25, 0.3) is 0 Å². The SMILES string of the molecule is CCNC(=NCc1ccc(NC(=O)OC)cc1)N1CCC(c2ccccc2)C1. The van der Waals surface area contributed by atoms with Crippen LogP contribution in [-0.2, 0) is 11.3 Å². The van der Waals surface area contributed by atoms with Gasteiger partial charge in [-0.1, -0.05) is 42.5 Å². The van der Waals surface area contributed by atoms with Gasteiger partial charge in [0, 0.05) is 31.2 Å². The molecule has 2 aromatic rings. The molecule has 1 aliphatic rings. The van der Waals surface area contributed by atoms with E-state index >= 15 is 0 Å². The zero-order valence-electron chi connectivity index (χ0n) is 16.5. The molecule has 1 atom stereocenters. The molecule has 0 aliphatic carbocycles. The number of ether oxygens (including phenoxy) is 1. The first kappa shape index (κ1) is 19.7. The molecule has 6 nitrogen and oxygen atoms in total. The first-order chi connectivity index (χ1) is 13.7. The Morgan fingerprint density at radius 1 is 1.18 bits per heavy atom. The summed E-state index contributed by atoms with van der Waals surface area (Å²) in [6, 6.07) is 18.3. The van der Waals surface area contributed by atoms with Gasteiger partial charge >= 0.3 is 6.09 Å². The lowest BCUT2D eigenvalue weighted by Gasteiger charge is -2.22. The average molecular weight is 380 g/mol. The summed E-state index contributed by atoms with van der Waals surface area (Å²) in [5, 5.41) is 6.07. The minimum Gasteiger partial charge on any atom is -0.453 e. The number of likely N-dealkylation sites (tertiary alicyclic amines) is 1. The Hall–Kier alpha value is -3.02. The van der Waals surface area contributed by atoms with Crippen LogP contribution in [0.4, 0.5) is 10.5 Å². The number of hydrogen-bond acceptors (Lipinski definition) is 3. The number of aliphatic imine (C=N–C) groups is 1. The lowest BCUT2D eigenvalue weighted by molar-refractivity contribution is 0.187. The molecule has 0 bridgehead atoms. The molecule has 28 heavy (non-hydrogen) atoms. The Morgan fingerprint density at radius 2 is 1.93 bits per heavy atom. The zero-order chi connectivity index (χ0) is 19.8. The van der Waals surface area contributed by atoms with Crippen LogP contribution in [0.25, 0.3) is 0 Å². The molecule has 3 rings (SSSR count). The predicted molar refractivity (Wildman–Crippen MR) is 113 cm³/mol. The molecule has 1 heterocycles. The molecular formula is C22H28N4O2. The Balaban J connectivity index is 1.62. The molecule has 0 radical (unpaired) electrons. The van der Waals surface area contributed by atoms with Gasteiger partial charge in [-0.05, 0) is 36.6 Å². The maximum Gasteiger partial charge on any atom is 0.411 e. The van der Waals surface area contributed by atoms with Gasteiger partial charge < -0.3 is 15.0 Å². The molecule has 2 aromatic carbocycles. The highest BCUT2D eigenvalue weighted by Crippen LogP contribution is 2.27. The van der Waals surface area contributed by atoms with Crippen molar-refractivity contribution in [3.8, 4) is 0 Å². The quantitative estimate of drug-likeness (QED) is 0.611. The van der Waals surface area contributed by atoms with Crippen LogP contribution in [0, 0.1) is 0 Å². The van der Waals surface area contributed by atoms with Crippen LogP contribution in [0.5, 0.6) is 0 Å². The van der Waals surface area contributed by atoms with Gasteiger partial charge in [-0.3, -0.25) is 5.32 Å². The van der Waals surface area contributed by atoms with Gasteiger partial charge in [-0.2, -0.15) is 0 Å². The molecule has 1 saturated heterocycles. The van der Waals surface area contributed by atoms with E-state index in [2.05, 4.69) is 57.5 Å². The molecule has 1 unspecified atom stereocenters. The highest BCUT2D eigenvalue weighted by atomic mass is 16.5. The molecular weight excluding hydrogens is 352 g/mol. The van der Waals surface area contributed by atoms with Crippen LogP contribution in [0.15, 0.2) is 59.6 Å². The Kier molecular flexibility index (Phi) is 6.89. The minimum absolute atomic E-state index is 0.470. The maximum atomic E-state index is 11.3. The third-order valence-electron chi connectivity index (χ3n) is 4.89. The summed E-state index contributed by atoms with van der Waals surface area (Å²) in [5.41, 5.74) is 3.19. The summed E-state index contributed by atoms with van der Waals surface area (Å²) in [6.07, 6.45) is 0.671. The summed E-state index contributed by atoms with van der Waals surface area (Å²) >= 11 is 0. The average Bonchev–Trinajstić information content (AvgIpc) is 3.23. The highest BCUT2D eigenvalue weighted by molar-refractivity contribution is 5.84. The molecule has 1 amide bonds. The Labute approximate surface area is 166 Å². The fraction of sp³-hybridized carbons (Fsp3) is 0.364. The normalized spacial score (nSPS) is 16.7. The topological polar surface area (TPSA) is 66.0 Å². The van der Waals surface area contributed by atoms with Gasteiger partial charge in [0.2, 0.25) is 0 Å². The van der Waals surface area contributed by atoms with E-state index < -0.39 is 6.09 Å². The van der Waals surface area contributed by atoms with Crippen molar-refractivity contribution in [1.29, 1.82) is 0 Å². The number of rotatable bonds is 5. The molecule has 1 fully saturated rings. The van der Waals surface area contributed by atoms with E-state index in [1.807, 2.05) is 24.3 Å². The second-order valence-electron chi connectivity index (χ2n) is 6.83. The first-order valence-electron chi connectivity index (χ1n) is 9.71. The predicted octanol–water partition coefficient (Wildman–Crippen LogP) is 3.82. The van der Waals surface area contributed by atoms with Crippen LogP contribution in [0.2, 0.25) is 0 Å². The third-order valence-corrected chi connectivity index (χ3v) is 4.89. The number of benzene rings is 2. The molecule has 0 saturated carbocycles. The van der Waals surface area contributed by atoms with Crippen molar-refractivity contribution in [1.82, 2.24) is 10.2 Å². The van der Waals surface area contributed by atoms with Crippen molar-refractivity contribution in [3.63, 3.8) is 0 Å². The van der Waals surface area contributed by atoms with Gasteiger partial charge in [-0.25, -0.2) is 9.79 Å². The third kappa shape index (κ3) is 5.25. The van der Waals surface area contributed by atoms with Crippen molar-refractivity contribution in [2.75, 3.05) is 32.1 Å². The molecule has 0 aromatic heterocycles. The monoisotopic (exact) mass is 380 g/mol. The van der Waals surface area contributed by atoms with E-state index in [9.17, 15) is 4.79 Å². The molecule has 6 heteroatoms. The Bertz CT molecular complexity index is 790. The zero-order valence-corrected chi connectivity index (χ0v) is 16.5. The van der Waals surface area contributed by atoms with Crippen molar-refractivity contribution in [3.05, 3.63) is 65.7 Å². The van der Waals surface area contributed by atoms with E-state index in [-0.39, 0.29) is 0 Å². The van der Waals surface area contributed by atoms with Crippen LogP contribution in [-0.4, -0.2) is 43.7 Å². The Morgan fingerprint density at radius 3 is 2.61 bits per heavy atom. The van der Waals surface area contributed by atoms with Crippen LogP contribution in [0.1, 0.15) is 30.4 Å². The number of nitrogens with one attached hydrogen (secondary N) is 2. The molecule has 0 spiro atoms. The minimum atomic E-state index is -0.470. The number of anilines is 1. The van der Waals surface area contributed by atoms with Gasteiger partial charge in [-0.15, -0.1) is 0 Å². The van der Waals surface area contributed by atoms with Gasteiger partial charge in [0.05, 0.1) is 13.7 Å². The van der Waals surface area contributed by atoms with E-state index in [0.29, 0.717) is 18.2 Å². The number of amides is 1. The van der Waals surface area contributed by atoms with E-state index in [1.165, 1.54) is 12.7 Å². The number of carbonyl (C=O) groups excluding carboxylic acids is 1. The van der Waals surface area contributed by atoms with Crippen LogP contribution in [0.3, 0.4) is 0 Å². The smallest absolute Gasteiger partial charge is 0.411 e. The van der Waals surface area contributed by atoms with Crippen LogP contribution >= 0.6 is 0 Å². The summed E-state index contributed by atoms with van der Waals surface area (Å²) in [7, 11) is 1.35. The maximum absolute atomic E-state index is 11.3.